The number of hydrogen-bond donors (Lipinski definition) is 1. The SMILES string of the molecule is CCC1CNC(C)(CC)CN1c1ccc(OC)c(C)c1. The molecule has 0 bridgehead atoms. The lowest BCUT2D eigenvalue weighted by Crippen LogP contribution is -2.62. The fraction of sp³-hybridized carbons (Fsp3) is 0.647. The molecule has 2 rings (SSSR count). The van der Waals surface area contributed by atoms with Gasteiger partial charge in [-0.2, -0.15) is 0 Å². The second-order valence-corrected chi connectivity index (χ2v) is 6.14. The van der Waals surface area contributed by atoms with Crippen LogP contribution in [0.25, 0.3) is 0 Å². The zero-order valence-corrected chi connectivity index (χ0v) is 13.5. The van der Waals surface area contributed by atoms with Crippen LogP contribution in [0.1, 0.15) is 39.2 Å². The number of ether oxygens (including phenoxy) is 1. The number of rotatable bonds is 4. The van der Waals surface area contributed by atoms with Crippen LogP contribution in [0, 0.1) is 6.92 Å². The van der Waals surface area contributed by atoms with Crippen molar-refractivity contribution in [2.24, 2.45) is 0 Å². The van der Waals surface area contributed by atoms with Gasteiger partial charge < -0.3 is 15.0 Å². The molecule has 1 aliphatic rings. The van der Waals surface area contributed by atoms with E-state index in [0.29, 0.717) is 6.04 Å². The molecule has 0 radical (unpaired) electrons. The number of anilines is 1. The van der Waals surface area contributed by atoms with E-state index in [2.05, 4.69) is 56.1 Å². The molecule has 2 unspecified atom stereocenters. The Bertz CT molecular complexity index is 460. The lowest BCUT2D eigenvalue weighted by Gasteiger charge is -2.47. The Morgan fingerprint density at radius 2 is 2.15 bits per heavy atom. The second-order valence-electron chi connectivity index (χ2n) is 6.14. The molecule has 2 atom stereocenters. The molecule has 1 fully saturated rings. The van der Waals surface area contributed by atoms with Crippen molar-refractivity contribution in [2.75, 3.05) is 25.1 Å². The van der Waals surface area contributed by atoms with Crippen molar-refractivity contribution in [3.8, 4) is 5.75 Å². The fourth-order valence-corrected chi connectivity index (χ4v) is 2.98. The van der Waals surface area contributed by atoms with E-state index in [4.69, 9.17) is 4.74 Å². The zero-order valence-electron chi connectivity index (χ0n) is 13.5. The van der Waals surface area contributed by atoms with Gasteiger partial charge in [0.25, 0.3) is 0 Å². The van der Waals surface area contributed by atoms with Gasteiger partial charge >= 0.3 is 0 Å². The first kappa shape index (κ1) is 15.2. The molecule has 1 saturated heterocycles. The molecule has 0 aromatic heterocycles. The Kier molecular flexibility index (Phi) is 4.59. The maximum absolute atomic E-state index is 5.37. The molecule has 3 nitrogen and oxygen atoms in total. The largest absolute Gasteiger partial charge is 0.496 e. The Morgan fingerprint density at radius 3 is 2.70 bits per heavy atom. The summed E-state index contributed by atoms with van der Waals surface area (Å²) >= 11 is 0. The maximum atomic E-state index is 5.37. The van der Waals surface area contributed by atoms with Gasteiger partial charge in [-0.05, 0) is 50.5 Å². The number of nitrogens with one attached hydrogen (secondary N) is 1. The minimum atomic E-state index is 0.208. The van der Waals surface area contributed by atoms with E-state index < -0.39 is 0 Å². The van der Waals surface area contributed by atoms with Gasteiger partial charge in [0, 0.05) is 30.4 Å². The van der Waals surface area contributed by atoms with Gasteiger partial charge in [0.15, 0.2) is 0 Å². The summed E-state index contributed by atoms with van der Waals surface area (Å²) in [5, 5.41) is 3.72. The summed E-state index contributed by atoms with van der Waals surface area (Å²) < 4.78 is 5.37. The third-order valence-electron chi connectivity index (χ3n) is 4.69. The Hall–Kier alpha value is -1.22. The smallest absolute Gasteiger partial charge is 0.121 e. The van der Waals surface area contributed by atoms with Crippen LogP contribution in [0.4, 0.5) is 5.69 Å². The van der Waals surface area contributed by atoms with Crippen molar-refractivity contribution in [1.82, 2.24) is 5.32 Å². The minimum absolute atomic E-state index is 0.208. The molecule has 0 saturated carbocycles. The summed E-state index contributed by atoms with van der Waals surface area (Å²) in [5.74, 6) is 0.968. The van der Waals surface area contributed by atoms with E-state index >= 15 is 0 Å². The summed E-state index contributed by atoms with van der Waals surface area (Å²) in [5.41, 5.74) is 2.73. The lowest BCUT2D eigenvalue weighted by atomic mass is 9.92. The predicted octanol–water partition coefficient (Wildman–Crippen LogP) is 3.36. The van der Waals surface area contributed by atoms with Crippen LogP contribution < -0.4 is 15.0 Å². The van der Waals surface area contributed by atoms with Crippen LogP contribution in [0.3, 0.4) is 0 Å². The van der Waals surface area contributed by atoms with Gasteiger partial charge in [0.05, 0.1) is 7.11 Å². The third kappa shape index (κ3) is 2.93. The van der Waals surface area contributed by atoms with Gasteiger partial charge in [-0.15, -0.1) is 0 Å². The Balaban J connectivity index is 2.29. The van der Waals surface area contributed by atoms with Crippen LogP contribution >= 0.6 is 0 Å². The average molecular weight is 276 g/mol. The quantitative estimate of drug-likeness (QED) is 0.912. The molecule has 112 valence electrons. The zero-order chi connectivity index (χ0) is 14.8. The molecule has 1 heterocycles. The number of aryl methyl sites for hydroxylation is 1. The molecule has 0 amide bonds. The number of piperazine rings is 1. The molecule has 0 aliphatic carbocycles. The van der Waals surface area contributed by atoms with Crippen molar-refractivity contribution >= 4 is 5.69 Å². The lowest BCUT2D eigenvalue weighted by molar-refractivity contribution is 0.276. The molecule has 1 aromatic rings. The molecule has 0 spiro atoms. The van der Waals surface area contributed by atoms with Gasteiger partial charge in [-0.1, -0.05) is 13.8 Å². The van der Waals surface area contributed by atoms with Gasteiger partial charge in [0.1, 0.15) is 5.75 Å². The highest BCUT2D eigenvalue weighted by molar-refractivity contribution is 5.54. The highest BCUT2D eigenvalue weighted by Gasteiger charge is 2.33. The highest BCUT2D eigenvalue weighted by atomic mass is 16.5. The summed E-state index contributed by atoms with van der Waals surface area (Å²) in [6.07, 6.45) is 2.31. The molecule has 1 aliphatic heterocycles. The normalized spacial score (nSPS) is 26.6. The monoisotopic (exact) mass is 276 g/mol. The summed E-state index contributed by atoms with van der Waals surface area (Å²) in [4.78, 5) is 2.56. The maximum Gasteiger partial charge on any atom is 0.121 e. The highest BCUT2D eigenvalue weighted by Crippen LogP contribution is 2.30. The van der Waals surface area contributed by atoms with Crippen molar-refractivity contribution in [3.05, 3.63) is 23.8 Å². The van der Waals surface area contributed by atoms with Crippen molar-refractivity contribution < 1.29 is 4.74 Å². The van der Waals surface area contributed by atoms with Gasteiger partial charge in [0.2, 0.25) is 0 Å². The van der Waals surface area contributed by atoms with E-state index in [9.17, 15) is 0 Å². The number of nitrogens with zero attached hydrogens (tertiary/aromatic N) is 1. The van der Waals surface area contributed by atoms with Crippen molar-refractivity contribution in [1.29, 1.82) is 0 Å². The van der Waals surface area contributed by atoms with Crippen LogP contribution in [0.2, 0.25) is 0 Å². The summed E-state index contributed by atoms with van der Waals surface area (Å²) in [7, 11) is 1.73. The van der Waals surface area contributed by atoms with Crippen LogP contribution in [0.5, 0.6) is 5.75 Å². The number of benzene rings is 1. The van der Waals surface area contributed by atoms with E-state index in [1.54, 1.807) is 7.11 Å². The van der Waals surface area contributed by atoms with Crippen LogP contribution in [-0.2, 0) is 0 Å². The van der Waals surface area contributed by atoms with Gasteiger partial charge in [-0.25, -0.2) is 0 Å². The summed E-state index contributed by atoms with van der Waals surface area (Å²) in [6, 6.07) is 7.10. The van der Waals surface area contributed by atoms with E-state index in [0.717, 1.165) is 31.7 Å². The number of hydrogen-bond acceptors (Lipinski definition) is 3. The summed E-state index contributed by atoms with van der Waals surface area (Å²) in [6.45, 7) is 11.1. The van der Waals surface area contributed by atoms with Crippen LogP contribution in [-0.4, -0.2) is 31.8 Å². The van der Waals surface area contributed by atoms with Gasteiger partial charge in [-0.3, -0.25) is 0 Å². The molecule has 3 heteroatoms. The van der Waals surface area contributed by atoms with E-state index in [1.165, 1.54) is 11.3 Å². The molecule has 1 aromatic carbocycles. The first-order chi connectivity index (χ1) is 9.53. The molecular formula is C17H28N2O. The molecule has 20 heavy (non-hydrogen) atoms. The molecular weight excluding hydrogens is 248 g/mol. The minimum Gasteiger partial charge on any atom is -0.496 e. The van der Waals surface area contributed by atoms with Crippen LogP contribution in [0.15, 0.2) is 18.2 Å². The second kappa shape index (κ2) is 6.04. The standard InChI is InChI=1S/C17H28N2O/c1-6-14-11-18-17(4,7-2)12-19(14)15-8-9-16(20-5)13(3)10-15/h8-10,14,18H,6-7,11-12H2,1-5H3. The van der Waals surface area contributed by atoms with E-state index in [1.807, 2.05) is 0 Å². The predicted molar refractivity (Wildman–Crippen MR) is 85.9 cm³/mol. The first-order valence-electron chi connectivity index (χ1n) is 7.69. The number of methoxy groups -OCH3 is 1. The first-order valence-corrected chi connectivity index (χ1v) is 7.69. The Morgan fingerprint density at radius 1 is 1.40 bits per heavy atom. The van der Waals surface area contributed by atoms with Crippen molar-refractivity contribution in [3.63, 3.8) is 0 Å². The topological polar surface area (TPSA) is 24.5 Å². The van der Waals surface area contributed by atoms with Crippen molar-refractivity contribution in [2.45, 2.75) is 52.1 Å². The third-order valence-corrected chi connectivity index (χ3v) is 4.69. The van der Waals surface area contributed by atoms with E-state index in [-0.39, 0.29) is 5.54 Å². The molecule has 1 N–H and O–H groups in total. The average Bonchev–Trinajstić information content (AvgIpc) is 2.47. The Labute approximate surface area is 123 Å². The fourth-order valence-electron chi connectivity index (χ4n) is 2.98.